The van der Waals surface area contributed by atoms with E-state index in [1.807, 2.05) is 60.7 Å². The Balaban J connectivity index is 1.70. The fourth-order valence-electron chi connectivity index (χ4n) is 3.51. The van der Waals surface area contributed by atoms with Crippen LogP contribution in [0.25, 0.3) is 22.4 Å². The van der Waals surface area contributed by atoms with Gasteiger partial charge in [0.25, 0.3) is 11.5 Å². The van der Waals surface area contributed by atoms with E-state index in [2.05, 4.69) is 15.5 Å². The first kappa shape index (κ1) is 21.7. The Morgan fingerprint density at radius 2 is 1.48 bits per heavy atom. The molecule has 0 unspecified atom stereocenters. The Morgan fingerprint density at radius 1 is 0.879 bits per heavy atom. The molecule has 0 saturated heterocycles. The van der Waals surface area contributed by atoms with E-state index in [-0.39, 0.29) is 12.1 Å². The number of benzene rings is 3. The average Bonchev–Trinajstić information content (AvgIpc) is 2.88. The van der Waals surface area contributed by atoms with E-state index in [0.29, 0.717) is 22.4 Å². The van der Waals surface area contributed by atoms with E-state index in [0.717, 1.165) is 11.1 Å². The Morgan fingerprint density at radius 3 is 2.09 bits per heavy atom. The highest BCUT2D eigenvalue weighted by molar-refractivity contribution is 6.03. The van der Waals surface area contributed by atoms with Crippen LogP contribution in [0.3, 0.4) is 0 Å². The van der Waals surface area contributed by atoms with Crippen LogP contribution in [0.4, 0.5) is 0 Å². The summed E-state index contributed by atoms with van der Waals surface area (Å²) < 4.78 is 4.70. The van der Waals surface area contributed by atoms with E-state index in [4.69, 9.17) is 4.74 Å². The molecule has 0 aliphatic heterocycles. The molecule has 3 aromatic carbocycles. The Bertz CT molecular complexity index is 1330. The van der Waals surface area contributed by atoms with Crippen molar-refractivity contribution in [1.82, 2.24) is 15.5 Å². The zero-order valence-electron chi connectivity index (χ0n) is 17.9. The summed E-state index contributed by atoms with van der Waals surface area (Å²) in [4.78, 5) is 37.6. The fraction of sp³-hybridized carbons (Fsp3) is 0.0769. The number of H-pyrrole nitrogens is 1. The first-order chi connectivity index (χ1) is 16.1. The van der Waals surface area contributed by atoms with Crippen LogP contribution in [0, 0.1) is 0 Å². The minimum absolute atomic E-state index is 0.0127. The molecule has 0 bridgehead atoms. The maximum atomic E-state index is 13.2. The molecule has 7 heteroatoms. The molecule has 4 aromatic rings. The summed E-state index contributed by atoms with van der Waals surface area (Å²) in [5, 5.41) is 9.53. The van der Waals surface area contributed by atoms with Gasteiger partial charge in [0.1, 0.15) is 5.56 Å². The third-order valence-electron chi connectivity index (χ3n) is 5.15. The largest absolute Gasteiger partial charge is 0.465 e. The smallest absolute Gasteiger partial charge is 0.337 e. The molecule has 0 atom stereocenters. The second kappa shape index (κ2) is 9.74. The summed E-state index contributed by atoms with van der Waals surface area (Å²) in [6.07, 6.45) is 0. The number of aromatic amines is 1. The van der Waals surface area contributed by atoms with Gasteiger partial charge in [-0.3, -0.25) is 9.59 Å². The Labute approximate surface area is 190 Å². The van der Waals surface area contributed by atoms with Gasteiger partial charge in [-0.1, -0.05) is 72.8 Å². The maximum Gasteiger partial charge on any atom is 0.337 e. The molecule has 1 heterocycles. The SMILES string of the molecule is COC(=O)c1ccc(CNC(=O)c2c(-c3ccccc3)c(-c3ccccc3)n[nH]c2=O)cc1. The lowest BCUT2D eigenvalue weighted by Crippen LogP contribution is -2.31. The highest BCUT2D eigenvalue weighted by atomic mass is 16.5. The van der Waals surface area contributed by atoms with Gasteiger partial charge in [-0.05, 0) is 23.3 Å². The molecular formula is C26H21N3O4. The molecule has 164 valence electrons. The highest BCUT2D eigenvalue weighted by Crippen LogP contribution is 2.31. The Kier molecular flexibility index (Phi) is 6.40. The van der Waals surface area contributed by atoms with E-state index >= 15 is 0 Å². The van der Waals surface area contributed by atoms with Crippen molar-refractivity contribution in [2.24, 2.45) is 0 Å². The third kappa shape index (κ3) is 4.72. The van der Waals surface area contributed by atoms with Crippen LogP contribution in [-0.4, -0.2) is 29.2 Å². The summed E-state index contributed by atoms with van der Waals surface area (Å²) in [6.45, 7) is 0.178. The number of methoxy groups -OCH3 is 1. The van der Waals surface area contributed by atoms with Crippen molar-refractivity contribution in [3.05, 3.63) is 112 Å². The molecule has 0 spiro atoms. The van der Waals surface area contributed by atoms with E-state index in [1.165, 1.54) is 7.11 Å². The van der Waals surface area contributed by atoms with Crippen LogP contribution in [0.2, 0.25) is 0 Å². The molecule has 4 rings (SSSR count). The number of hydrogen-bond donors (Lipinski definition) is 2. The van der Waals surface area contributed by atoms with Crippen LogP contribution < -0.4 is 10.9 Å². The standard InChI is InChI=1S/C26H21N3O4/c1-33-26(32)20-14-12-17(13-15-20)16-27-24(30)22-21(18-8-4-2-5-9-18)23(28-29-25(22)31)19-10-6-3-7-11-19/h2-15H,16H2,1H3,(H,27,30)(H,29,31). The number of carbonyl (C=O) groups is 2. The van der Waals surface area contributed by atoms with Gasteiger partial charge < -0.3 is 10.1 Å². The first-order valence-electron chi connectivity index (χ1n) is 10.3. The monoisotopic (exact) mass is 439 g/mol. The lowest BCUT2D eigenvalue weighted by Gasteiger charge is -2.14. The van der Waals surface area contributed by atoms with Gasteiger partial charge in [0.15, 0.2) is 0 Å². The number of amides is 1. The van der Waals surface area contributed by atoms with Gasteiger partial charge in [-0.25, -0.2) is 9.89 Å². The minimum atomic E-state index is -0.577. The van der Waals surface area contributed by atoms with E-state index in [1.54, 1.807) is 24.3 Å². The average molecular weight is 439 g/mol. The number of hydrogen-bond acceptors (Lipinski definition) is 5. The quantitative estimate of drug-likeness (QED) is 0.445. The van der Waals surface area contributed by atoms with Crippen molar-refractivity contribution in [1.29, 1.82) is 0 Å². The van der Waals surface area contributed by atoms with Crippen molar-refractivity contribution in [2.45, 2.75) is 6.54 Å². The van der Waals surface area contributed by atoms with Crippen LogP contribution >= 0.6 is 0 Å². The lowest BCUT2D eigenvalue weighted by atomic mass is 9.95. The van der Waals surface area contributed by atoms with Crippen molar-refractivity contribution in [2.75, 3.05) is 7.11 Å². The topological polar surface area (TPSA) is 101 Å². The summed E-state index contributed by atoms with van der Waals surface area (Å²) in [7, 11) is 1.32. The Hall–Kier alpha value is -4.52. The number of esters is 1. The summed E-state index contributed by atoms with van der Waals surface area (Å²) >= 11 is 0. The first-order valence-corrected chi connectivity index (χ1v) is 10.3. The van der Waals surface area contributed by atoms with Gasteiger partial charge in [0.05, 0.1) is 18.4 Å². The number of nitrogens with zero attached hydrogens (tertiary/aromatic N) is 1. The predicted molar refractivity (Wildman–Crippen MR) is 125 cm³/mol. The number of aromatic nitrogens is 2. The van der Waals surface area contributed by atoms with Crippen molar-refractivity contribution >= 4 is 11.9 Å². The normalized spacial score (nSPS) is 10.5. The number of nitrogens with one attached hydrogen (secondary N) is 2. The zero-order chi connectivity index (χ0) is 23.2. The lowest BCUT2D eigenvalue weighted by molar-refractivity contribution is 0.0600. The fourth-order valence-corrected chi connectivity index (χ4v) is 3.51. The number of ether oxygens (including phenoxy) is 1. The van der Waals surface area contributed by atoms with Gasteiger partial charge in [0, 0.05) is 17.7 Å². The predicted octanol–water partition coefficient (Wildman–Crippen LogP) is 3.82. The molecule has 0 aliphatic rings. The minimum Gasteiger partial charge on any atom is -0.465 e. The zero-order valence-corrected chi connectivity index (χ0v) is 17.9. The van der Waals surface area contributed by atoms with Crippen LogP contribution in [0.5, 0.6) is 0 Å². The van der Waals surface area contributed by atoms with Gasteiger partial charge >= 0.3 is 5.97 Å². The molecule has 0 aliphatic carbocycles. The molecule has 33 heavy (non-hydrogen) atoms. The molecule has 0 saturated carbocycles. The van der Waals surface area contributed by atoms with Crippen LogP contribution in [0.1, 0.15) is 26.3 Å². The molecule has 0 radical (unpaired) electrons. The molecular weight excluding hydrogens is 418 g/mol. The second-order valence-electron chi connectivity index (χ2n) is 7.25. The molecule has 0 fully saturated rings. The van der Waals surface area contributed by atoms with Crippen molar-refractivity contribution in [3.63, 3.8) is 0 Å². The molecule has 1 aromatic heterocycles. The van der Waals surface area contributed by atoms with Crippen LogP contribution in [-0.2, 0) is 11.3 Å². The molecule has 2 N–H and O–H groups in total. The molecule has 1 amide bonds. The van der Waals surface area contributed by atoms with Gasteiger partial charge in [-0.15, -0.1) is 0 Å². The highest BCUT2D eigenvalue weighted by Gasteiger charge is 2.22. The maximum absolute atomic E-state index is 13.2. The summed E-state index contributed by atoms with van der Waals surface area (Å²) in [5.74, 6) is -0.957. The van der Waals surface area contributed by atoms with Gasteiger partial charge in [-0.2, -0.15) is 5.10 Å². The van der Waals surface area contributed by atoms with Gasteiger partial charge in [0.2, 0.25) is 0 Å². The van der Waals surface area contributed by atoms with Crippen molar-refractivity contribution < 1.29 is 14.3 Å². The summed E-state index contributed by atoms with van der Waals surface area (Å²) in [5.41, 5.74) is 3.05. The van der Waals surface area contributed by atoms with E-state index in [9.17, 15) is 14.4 Å². The third-order valence-corrected chi connectivity index (χ3v) is 5.15. The number of rotatable bonds is 6. The molecule has 7 nitrogen and oxygen atoms in total. The second-order valence-corrected chi connectivity index (χ2v) is 7.25. The van der Waals surface area contributed by atoms with Crippen LogP contribution in [0.15, 0.2) is 89.7 Å². The number of carbonyl (C=O) groups excluding carboxylic acids is 2. The van der Waals surface area contributed by atoms with Crippen molar-refractivity contribution in [3.8, 4) is 22.4 Å². The summed E-state index contributed by atoms with van der Waals surface area (Å²) in [6, 6.07) is 25.3. The van der Waals surface area contributed by atoms with E-state index < -0.39 is 17.4 Å².